The minimum atomic E-state index is -4.36. The van der Waals surface area contributed by atoms with E-state index in [-0.39, 0.29) is 30.4 Å². The normalized spacial score (nSPS) is 17.8. The van der Waals surface area contributed by atoms with E-state index in [9.17, 15) is 23.3 Å². The van der Waals surface area contributed by atoms with Crippen molar-refractivity contribution >= 4 is 21.7 Å². The molecular weight excluding hydrogens is 578 g/mol. The number of sulfonamides is 1. The lowest BCUT2D eigenvalue weighted by molar-refractivity contribution is -0.387. The smallest absolute Gasteiger partial charge is 0.309 e. The van der Waals surface area contributed by atoms with Gasteiger partial charge >= 0.3 is 5.97 Å². The van der Waals surface area contributed by atoms with Gasteiger partial charge in [-0.05, 0) is 49.9 Å². The van der Waals surface area contributed by atoms with Gasteiger partial charge in [0.2, 0.25) is 10.0 Å². The summed E-state index contributed by atoms with van der Waals surface area (Å²) in [6.07, 6.45) is 0.282. The van der Waals surface area contributed by atoms with Crippen molar-refractivity contribution in [2.24, 2.45) is 11.8 Å². The Kier molecular flexibility index (Phi) is 12.3. The highest BCUT2D eigenvalue weighted by Gasteiger charge is 2.43. The summed E-state index contributed by atoms with van der Waals surface area (Å²) < 4.78 is 52.0. The molecule has 3 atom stereocenters. The first-order valence-electron chi connectivity index (χ1n) is 14.4. The Balaban J connectivity index is 1.91. The lowest BCUT2D eigenvalue weighted by Gasteiger charge is -2.33. The Bertz CT molecular complexity index is 1350. The van der Waals surface area contributed by atoms with Gasteiger partial charge in [-0.25, -0.2) is 13.1 Å². The van der Waals surface area contributed by atoms with Crippen LogP contribution in [0.2, 0.25) is 0 Å². The van der Waals surface area contributed by atoms with Crippen LogP contribution < -0.4 is 14.2 Å². The molecule has 0 aromatic heterocycles. The van der Waals surface area contributed by atoms with E-state index in [2.05, 4.69) is 9.62 Å². The Hall–Kier alpha value is -3.26. The molecule has 1 unspecified atom stereocenters. The molecule has 0 aliphatic carbocycles. The van der Waals surface area contributed by atoms with Crippen LogP contribution in [0, 0.1) is 22.0 Å². The number of nitro groups is 1. The summed E-state index contributed by atoms with van der Waals surface area (Å²) >= 11 is 0. The second-order valence-corrected chi connectivity index (χ2v) is 12.9. The predicted molar refractivity (Wildman–Crippen MR) is 161 cm³/mol. The third kappa shape index (κ3) is 9.12. The highest BCUT2D eigenvalue weighted by molar-refractivity contribution is 7.89. The number of para-hydroxylation sites is 1. The van der Waals surface area contributed by atoms with Crippen LogP contribution in [0.1, 0.15) is 46.1 Å². The predicted octanol–water partition coefficient (Wildman–Crippen LogP) is 4.16. The SMILES string of the molecule is COCCCOc1cc(CN(CC(NS(=O)(=O)c2ccccc2[N+](=O)[O-])[C@@H]2C[C@@H](C(C)C)C(=O)O2)C(C)C)ccc1OC. The highest BCUT2D eigenvalue weighted by atomic mass is 32.2. The van der Waals surface area contributed by atoms with Gasteiger partial charge in [0.15, 0.2) is 16.4 Å². The van der Waals surface area contributed by atoms with Gasteiger partial charge in [-0.15, -0.1) is 0 Å². The molecule has 238 valence electrons. The molecule has 1 fully saturated rings. The van der Waals surface area contributed by atoms with Crippen molar-refractivity contribution in [3.63, 3.8) is 0 Å². The first-order chi connectivity index (χ1) is 20.4. The first kappa shape index (κ1) is 34.2. The van der Waals surface area contributed by atoms with E-state index in [1.165, 1.54) is 18.2 Å². The van der Waals surface area contributed by atoms with Gasteiger partial charge in [-0.1, -0.05) is 32.0 Å². The van der Waals surface area contributed by atoms with Crippen molar-refractivity contribution in [3.05, 3.63) is 58.1 Å². The molecule has 2 aromatic carbocycles. The van der Waals surface area contributed by atoms with Crippen LogP contribution >= 0.6 is 0 Å². The van der Waals surface area contributed by atoms with Crippen molar-refractivity contribution in [3.8, 4) is 11.5 Å². The molecule has 3 rings (SSSR count). The maximum Gasteiger partial charge on any atom is 0.309 e. The van der Waals surface area contributed by atoms with Crippen LogP contribution in [0.5, 0.6) is 11.5 Å². The summed E-state index contributed by atoms with van der Waals surface area (Å²) in [5.74, 6) is 0.419. The Morgan fingerprint density at radius 3 is 2.42 bits per heavy atom. The third-order valence-electron chi connectivity index (χ3n) is 7.49. The number of rotatable bonds is 17. The molecule has 0 saturated carbocycles. The van der Waals surface area contributed by atoms with Crippen LogP contribution in [0.4, 0.5) is 5.69 Å². The van der Waals surface area contributed by atoms with Gasteiger partial charge in [-0.2, -0.15) is 0 Å². The average Bonchev–Trinajstić information content (AvgIpc) is 3.36. The van der Waals surface area contributed by atoms with E-state index in [0.717, 1.165) is 11.6 Å². The maximum absolute atomic E-state index is 13.6. The molecule has 1 aliphatic rings. The van der Waals surface area contributed by atoms with E-state index in [4.69, 9.17) is 18.9 Å². The number of nitrogens with zero attached hydrogens (tertiary/aromatic N) is 2. The summed E-state index contributed by atoms with van der Waals surface area (Å²) in [4.78, 5) is 25.2. The number of ether oxygens (including phenoxy) is 4. The number of esters is 1. The number of hydrogen-bond donors (Lipinski definition) is 1. The first-order valence-corrected chi connectivity index (χ1v) is 15.8. The summed E-state index contributed by atoms with van der Waals surface area (Å²) in [6, 6.07) is 9.89. The molecule has 0 radical (unpaired) electrons. The summed E-state index contributed by atoms with van der Waals surface area (Å²) in [6.45, 7) is 9.41. The van der Waals surface area contributed by atoms with E-state index >= 15 is 0 Å². The van der Waals surface area contributed by atoms with E-state index in [0.29, 0.717) is 44.1 Å². The van der Waals surface area contributed by atoms with E-state index in [1.807, 2.05) is 45.9 Å². The number of nitro benzene ring substituents is 1. The van der Waals surface area contributed by atoms with Gasteiger partial charge < -0.3 is 18.9 Å². The lowest BCUT2D eigenvalue weighted by Crippen LogP contribution is -2.51. The standard InChI is InChI=1S/C30H43N3O9S/c1-20(2)23-17-27(42-30(23)34)24(31-43(37,38)29-11-8-7-10-25(29)33(35)36)19-32(21(3)4)18-22-12-13-26(40-6)28(16-22)41-15-9-14-39-5/h7-8,10-13,16,20-21,23-24,27,31H,9,14-15,17-19H2,1-6H3/t23-,24?,27-/m0/s1. The molecule has 0 amide bonds. The molecule has 1 N–H and O–H groups in total. The fraction of sp³-hybridized carbons (Fsp3) is 0.567. The lowest BCUT2D eigenvalue weighted by atomic mass is 9.91. The van der Waals surface area contributed by atoms with Gasteiger partial charge in [0.05, 0.1) is 30.6 Å². The number of methoxy groups -OCH3 is 2. The molecule has 1 saturated heterocycles. The second-order valence-electron chi connectivity index (χ2n) is 11.2. The van der Waals surface area contributed by atoms with Crippen molar-refractivity contribution in [2.45, 2.75) is 70.2 Å². The minimum Gasteiger partial charge on any atom is -0.493 e. The quantitative estimate of drug-likeness (QED) is 0.118. The number of carbonyl (C=O) groups excluding carboxylic acids is 1. The Morgan fingerprint density at radius 1 is 1.09 bits per heavy atom. The minimum absolute atomic E-state index is 0.00720. The van der Waals surface area contributed by atoms with Crippen LogP contribution in [0.15, 0.2) is 47.4 Å². The molecule has 1 heterocycles. The summed E-state index contributed by atoms with van der Waals surface area (Å²) in [5, 5.41) is 11.6. The Morgan fingerprint density at radius 2 is 1.81 bits per heavy atom. The van der Waals surface area contributed by atoms with E-state index in [1.54, 1.807) is 14.2 Å². The number of carbonyl (C=O) groups is 1. The molecular formula is C30H43N3O9S. The molecule has 12 nitrogen and oxygen atoms in total. The monoisotopic (exact) mass is 621 g/mol. The second kappa shape index (κ2) is 15.5. The summed E-state index contributed by atoms with van der Waals surface area (Å²) in [7, 11) is -1.16. The number of benzene rings is 2. The molecule has 0 spiro atoms. The largest absolute Gasteiger partial charge is 0.493 e. The van der Waals surface area contributed by atoms with Crippen molar-refractivity contribution < 1.29 is 37.1 Å². The zero-order valence-electron chi connectivity index (χ0n) is 25.6. The molecule has 13 heteroatoms. The van der Waals surface area contributed by atoms with Gasteiger partial charge in [0.1, 0.15) is 6.10 Å². The van der Waals surface area contributed by atoms with Crippen LogP contribution in [-0.4, -0.2) is 76.4 Å². The Labute approximate surface area is 253 Å². The van der Waals surface area contributed by atoms with Crippen molar-refractivity contribution in [1.82, 2.24) is 9.62 Å². The average molecular weight is 622 g/mol. The van der Waals surface area contributed by atoms with Crippen LogP contribution in [0.25, 0.3) is 0 Å². The zero-order valence-corrected chi connectivity index (χ0v) is 26.5. The van der Waals surface area contributed by atoms with Crippen LogP contribution in [-0.2, 0) is 30.8 Å². The van der Waals surface area contributed by atoms with Gasteiger partial charge in [0.25, 0.3) is 5.69 Å². The summed E-state index contributed by atoms with van der Waals surface area (Å²) in [5.41, 5.74) is 0.370. The number of cyclic esters (lactones) is 1. The van der Waals surface area contributed by atoms with Crippen LogP contribution in [0.3, 0.4) is 0 Å². The molecule has 1 aliphatic heterocycles. The number of nitrogens with one attached hydrogen (secondary N) is 1. The number of hydrogen-bond acceptors (Lipinski definition) is 10. The van der Waals surface area contributed by atoms with Crippen molar-refractivity contribution in [2.75, 3.05) is 34.0 Å². The fourth-order valence-corrected chi connectivity index (χ4v) is 6.44. The molecule has 43 heavy (non-hydrogen) atoms. The zero-order chi connectivity index (χ0) is 31.7. The van der Waals surface area contributed by atoms with E-state index < -0.39 is 37.7 Å². The topological polar surface area (TPSA) is 147 Å². The third-order valence-corrected chi connectivity index (χ3v) is 9.03. The van der Waals surface area contributed by atoms with Gasteiger partial charge in [0, 0.05) is 45.3 Å². The highest BCUT2D eigenvalue weighted by Crippen LogP contribution is 2.32. The molecule has 0 bridgehead atoms. The van der Waals surface area contributed by atoms with Crippen molar-refractivity contribution in [1.29, 1.82) is 0 Å². The maximum atomic E-state index is 13.6. The van der Waals surface area contributed by atoms with Gasteiger partial charge in [-0.3, -0.25) is 19.8 Å². The molecule has 2 aromatic rings. The fourth-order valence-electron chi connectivity index (χ4n) is 5.01.